The molecule has 1 heterocycles. The maximum absolute atomic E-state index is 10.1. The third-order valence-corrected chi connectivity index (χ3v) is 2.55. The summed E-state index contributed by atoms with van der Waals surface area (Å²) in [6, 6.07) is 6.04. The van der Waals surface area contributed by atoms with E-state index in [1.807, 2.05) is 26.0 Å². The van der Waals surface area contributed by atoms with Crippen molar-refractivity contribution in [2.75, 3.05) is 0 Å². The van der Waals surface area contributed by atoms with Gasteiger partial charge < -0.3 is 5.11 Å². The van der Waals surface area contributed by atoms with Crippen LogP contribution in [0.4, 0.5) is 0 Å². The van der Waals surface area contributed by atoms with E-state index in [0.29, 0.717) is 12.2 Å². The minimum absolute atomic E-state index is 0.386. The van der Waals surface area contributed by atoms with Crippen LogP contribution in [0.2, 0.25) is 0 Å². The van der Waals surface area contributed by atoms with Gasteiger partial charge in [0.05, 0.1) is 13.2 Å². The molecule has 5 heteroatoms. The van der Waals surface area contributed by atoms with Gasteiger partial charge >= 0.3 is 0 Å². The van der Waals surface area contributed by atoms with Crippen molar-refractivity contribution in [1.29, 1.82) is 0 Å². The van der Waals surface area contributed by atoms with Crippen molar-refractivity contribution in [3.63, 3.8) is 0 Å². The van der Waals surface area contributed by atoms with E-state index >= 15 is 0 Å². The van der Waals surface area contributed by atoms with Crippen LogP contribution in [0.25, 0.3) is 0 Å². The van der Waals surface area contributed by atoms with Gasteiger partial charge in [-0.1, -0.05) is 29.3 Å². The summed E-state index contributed by atoms with van der Waals surface area (Å²) >= 11 is 0. The molecule has 5 nitrogen and oxygen atoms in total. The number of nitrogens with zero attached hydrogens (tertiary/aromatic N) is 4. The molecule has 1 unspecified atom stereocenters. The molecule has 1 atom stereocenters. The molecule has 0 radical (unpaired) electrons. The van der Waals surface area contributed by atoms with Gasteiger partial charge in [-0.2, -0.15) is 4.80 Å². The van der Waals surface area contributed by atoms with Crippen LogP contribution in [0.3, 0.4) is 0 Å². The topological polar surface area (TPSA) is 63.8 Å². The summed E-state index contributed by atoms with van der Waals surface area (Å²) in [6.45, 7) is 4.04. The zero-order valence-corrected chi connectivity index (χ0v) is 10.3. The Hall–Kier alpha value is -1.75. The number of hydrogen-bond donors (Lipinski definition) is 1. The first-order valence-corrected chi connectivity index (χ1v) is 5.54. The molecule has 17 heavy (non-hydrogen) atoms. The van der Waals surface area contributed by atoms with Gasteiger partial charge in [-0.25, -0.2) is 0 Å². The number of aliphatic hydroxyl groups excluding tert-OH is 1. The lowest BCUT2D eigenvalue weighted by molar-refractivity contribution is 0.175. The minimum Gasteiger partial charge on any atom is -0.388 e. The lowest BCUT2D eigenvalue weighted by Crippen LogP contribution is -2.04. The van der Waals surface area contributed by atoms with E-state index in [2.05, 4.69) is 21.5 Å². The molecule has 0 saturated heterocycles. The van der Waals surface area contributed by atoms with Gasteiger partial charge in [-0.15, -0.1) is 10.2 Å². The molecule has 0 saturated carbocycles. The third-order valence-electron chi connectivity index (χ3n) is 2.55. The molecule has 0 fully saturated rings. The van der Waals surface area contributed by atoms with E-state index in [4.69, 9.17) is 0 Å². The Morgan fingerprint density at radius 2 is 1.88 bits per heavy atom. The Morgan fingerprint density at radius 3 is 2.41 bits per heavy atom. The first-order chi connectivity index (χ1) is 8.04. The van der Waals surface area contributed by atoms with Crippen molar-refractivity contribution in [2.45, 2.75) is 26.4 Å². The molecule has 2 aromatic rings. The lowest BCUT2D eigenvalue weighted by atomic mass is 10.0. The molecule has 0 amide bonds. The van der Waals surface area contributed by atoms with Crippen LogP contribution in [0.15, 0.2) is 18.2 Å². The monoisotopic (exact) mass is 232 g/mol. The standard InChI is InChI=1S/C12H16N4O/c1-8-4-9(2)6-10(5-8)11(17)7-12-13-15-16(3)14-12/h4-6,11,17H,7H2,1-3H3. The number of aliphatic hydroxyl groups is 1. The predicted octanol–water partition coefficient (Wildman–Crippen LogP) is 1.10. The number of benzene rings is 1. The van der Waals surface area contributed by atoms with Crippen LogP contribution >= 0.6 is 0 Å². The Labute approximate surface area is 100 Å². The normalized spacial score (nSPS) is 12.7. The Bertz CT molecular complexity index is 501. The summed E-state index contributed by atoms with van der Waals surface area (Å²) in [7, 11) is 1.71. The fourth-order valence-corrected chi connectivity index (χ4v) is 1.90. The summed E-state index contributed by atoms with van der Waals surface area (Å²) < 4.78 is 0. The van der Waals surface area contributed by atoms with Gasteiger partial charge in [-0.05, 0) is 24.6 Å². The highest BCUT2D eigenvalue weighted by Gasteiger charge is 2.12. The second kappa shape index (κ2) is 4.63. The summed E-state index contributed by atoms with van der Waals surface area (Å²) in [5.41, 5.74) is 3.19. The molecule has 0 spiro atoms. The summed E-state index contributed by atoms with van der Waals surface area (Å²) in [5.74, 6) is 0.555. The maximum Gasteiger partial charge on any atom is 0.177 e. The van der Waals surface area contributed by atoms with Crippen molar-refractivity contribution >= 4 is 0 Å². The Balaban J connectivity index is 2.16. The molecule has 90 valence electrons. The molecular weight excluding hydrogens is 216 g/mol. The number of aromatic nitrogens is 4. The van der Waals surface area contributed by atoms with Gasteiger partial charge in [0.25, 0.3) is 0 Å². The molecule has 1 aromatic carbocycles. The third kappa shape index (κ3) is 2.88. The number of rotatable bonds is 3. The summed E-state index contributed by atoms with van der Waals surface area (Å²) in [5, 5.41) is 21.8. The lowest BCUT2D eigenvalue weighted by Gasteiger charge is -2.10. The SMILES string of the molecule is Cc1cc(C)cc(C(O)Cc2nnn(C)n2)c1. The number of tetrazole rings is 1. The van der Waals surface area contributed by atoms with Crippen LogP contribution in [0.5, 0.6) is 0 Å². The first-order valence-electron chi connectivity index (χ1n) is 5.54. The van der Waals surface area contributed by atoms with Gasteiger partial charge in [-0.3, -0.25) is 0 Å². The second-order valence-electron chi connectivity index (χ2n) is 4.34. The molecule has 2 rings (SSSR count). The largest absolute Gasteiger partial charge is 0.388 e. The van der Waals surface area contributed by atoms with Gasteiger partial charge in [0.1, 0.15) is 0 Å². The van der Waals surface area contributed by atoms with E-state index in [9.17, 15) is 5.11 Å². The van der Waals surface area contributed by atoms with Crippen molar-refractivity contribution in [3.05, 3.63) is 40.7 Å². The highest BCUT2D eigenvalue weighted by molar-refractivity contribution is 5.30. The van der Waals surface area contributed by atoms with E-state index in [0.717, 1.165) is 16.7 Å². The number of hydrogen-bond acceptors (Lipinski definition) is 4. The molecular formula is C12H16N4O. The van der Waals surface area contributed by atoms with E-state index in [1.54, 1.807) is 7.05 Å². The average molecular weight is 232 g/mol. The van der Waals surface area contributed by atoms with Crippen molar-refractivity contribution in [3.8, 4) is 0 Å². The zero-order valence-electron chi connectivity index (χ0n) is 10.3. The van der Waals surface area contributed by atoms with E-state index in [-0.39, 0.29) is 0 Å². The van der Waals surface area contributed by atoms with Gasteiger partial charge in [0.15, 0.2) is 5.82 Å². The molecule has 1 N–H and O–H groups in total. The van der Waals surface area contributed by atoms with Gasteiger partial charge in [0.2, 0.25) is 0 Å². The van der Waals surface area contributed by atoms with Crippen molar-refractivity contribution in [2.24, 2.45) is 7.05 Å². The van der Waals surface area contributed by atoms with Crippen molar-refractivity contribution < 1.29 is 5.11 Å². The van der Waals surface area contributed by atoms with Crippen LogP contribution in [0.1, 0.15) is 28.6 Å². The maximum atomic E-state index is 10.1. The minimum atomic E-state index is -0.585. The highest BCUT2D eigenvalue weighted by atomic mass is 16.3. The smallest absolute Gasteiger partial charge is 0.177 e. The Morgan fingerprint density at radius 1 is 1.24 bits per heavy atom. The van der Waals surface area contributed by atoms with E-state index in [1.165, 1.54) is 4.80 Å². The predicted molar refractivity (Wildman–Crippen MR) is 63.4 cm³/mol. The quantitative estimate of drug-likeness (QED) is 0.860. The van der Waals surface area contributed by atoms with Crippen LogP contribution < -0.4 is 0 Å². The highest BCUT2D eigenvalue weighted by Crippen LogP contribution is 2.19. The van der Waals surface area contributed by atoms with Crippen LogP contribution in [-0.2, 0) is 13.5 Å². The summed E-state index contributed by atoms with van der Waals surface area (Å²) in [4.78, 5) is 1.39. The number of aryl methyl sites for hydroxylation is 3. The second-order valence-corrected chi connectivity index (χ2v) is 4.34. The van der Waals surface area contributed by atoms with Crippen molar-refractivity contribution in [1.82, 2.24) is 20.2 Å². The van der Waals surface area contributed by atoms with Crippen LogP contribution in [0, 0.1) is 13.8 Å². The Kier molecular flexibility index (Phi) is 3.19. The average Bonchev–Trinajstić information content (AvgIpc) is 2.62. The zero-order chi connectivity index (χ0) is 12.4. The molecule has 0 aliphatic carbocycles. The molecule has 0 aliphatic heterocycles. The van der Waals surface area contributed by atoms with E-state index < -0.39 is 6.10 Å². The fraction of sp³-hybridized carbons (Fsp3) is 0.417. The van der Waals surface area contributed by atoms with Crippen LogP contribution in [-0.4, -0.2) is 25.3 Å². The molecule has 0 aliphatic rings. The first kappa shape index (κ1) is 11.7. The fourth-order valence-electron chi connectivity index (χ4n) is 1.90. The summed E-state index contributed by atoms with van der Waals surface area (Å²) in [6.07, 6.45) is -0.200. The van der Waals surface area contributed by atoms with Gasteiger partial charge in [0, 0.05) is 6.42 Å². The molecule has 1 aromatic heterocycles. The molecule has 0 bridgehead atoms.